The first-order chi connectivity index (χ1) is 17.3. The van der Waals surface area contributed by atoms with Gasteiger partial charge in [-0.25, -0.2) is 13.2 Å². The molecular formula is C28H33F3O5S. The number of thioether (sulfide) groups is 1. The van der Waals surface area contributed by atoms with E-state index in [1.54, 1.807) is 20.8 Å². The Bertz CT molecular complexity index is 1130. The number of alkyl halides is 3. The van der Waals surface area contributed by atoms with Crippen molar-refractivity contribution in [2.75, 3.05) is 12.4 Å². The number of hydrogen-bond acceptors (Lipinski definition) is 6. The standard InChI is InChI=1S/C28H33F3O5S/c1-5-23(34)36-28(24(35)37-11-7-6-10-29)16(2)12-18-19-14-21(30)20-13-17(32)8-9-25(20,3)27(19,31)22(33)15-26(18,28)4/h8-9,13,16,18-19,21-22,33H,5,10-12,14-15H2,1-4H3/t16-,18+,19+,21+,22+,25+,26+,27+,28+/m1/s1. The number of esters is 1. The molecule has 5 nitrogen and oxygen atoms in total. The van der Waals surface area contributed by atoms with Gasteiger partial charge in [-0.1, -0.05) is 50.4 Å². The third-order valence-electron chi connectivity index (χ3n) is 9.50. The van der Waals surface area contributed by atoms with E-state index in [4.69, 9.17) is 4.74 Å². The average Bonchev–Trinajstić information content (AvgIpc) is 3.06. The number of rotatable bonds is 4. The van der Waals surface area contributed by atoms with Gasteiger partial charge in [0.25, 0.3) is 0 Å². The van der Waals surface area contributed by atoms with E-state index in [2.05, 4.69) is 11.8 Å². The van der Waals surface area contributed by atoms with E-state index in [0.717, 1.165) is 17.8 Å². The van der Waals surface area contributed by atoms with Gasteiger partial charge in [0.1, 0.15) is 12.8 Å². The zero-order valence-corrected chi connectivity index (χ0v) is 22.3. The molecule has 0 amide bonds. The van der Waals surface area contributed by atoms with Crippen molar-refractivity contribution in [3.63, 3.8) is 0 Å². The van der Waals surface area contributed by atoms with Gasteiger partial charge in [-0.3, -0.25) is 14.4 Å². The Labute approximate surface area is 219 Å². The number of halogens is 3. The molecule has 0 spiro atoms. The maximum Gasteiger partial charge on any atom is 0.306 e. The fourth-order valence-electron chi connectivity index (χ4n) is 7.78. The molecule has 0 bridgehead atoms. The molecule has 0 aromatic heterocycles. The Kier molecular flexibility index (Phi) is 7.26. The Morgan fingerprint density at radius 3 is 2.59 bits per heavy atom. The van der Waals surface area contributed by atoms with Crippen LogP contribution in [0.5, 0.6) is 0 Å². The minimum atomic E-state index is -2.30. The summed E-state index contributed by atoms with van der Waals surface area (Å²) in [4.78, 5) is 38.5. The van der Waals surface area contributed by atoms with E-state index in [1.807, 2.05) is 0 Å². The highest BCUT2D eigenvalue weighted by molar-refractivity contribution is 8.14. The lowest BCUT2D eigenvalue weighted by atomic mass is 9.44. The lowest BCUT2D eigenvalue weighted by Gasteiger charge is -2.63. The lowest BCUT2D eigenvalue weighted by Crippen LogP contribution is -2.70. The summed E-state index contributed by atoms with van der Waals surface area (Å²) in [6, 6.07) is 0. The van der Waals surface area contributed by atoms with Crippen molar-refractivity contribution in [2.24, 2.45) is 28.6 Å². The van der Waals surface area contributed by atoms with Gasteiger partial charge in [0.2, 0.25) is 5.12 Å². The van der Waals surface area contributed by atoms with E-state index in [9.17, 15) is 23.9 Å². The summed E-state index contributed by atoms with van der Waals surface area (Å²) in [6.07, 6.45) is 0.312. The number of ketones is 1. The molecule has 3 fully saturated rings. The minimum absolute atomic E-state index is 0.00541. The predicted molar refractivity (Wildman–Crippen MR) is 134 cm³/mol. The van der Waals surface area contributed by atoms with Crippen molar-refractivity contribution in [3.05, 3.63) is 23.8 Å². The maximum atomic E-state index is 17.4. The topological polar surface area (TPSA) is 80.7 Å². The molecule has 9 heteroatoms. The monoisotopic (exact) mass is 538 g/mol. The van der Waals surface area contributed by atoms with Crippen LogP contribution >= 0.6 is 11.8 Å². The number of fused-ring (bicyclic) bond motifs is 5. The van der Waals surface area contributed by atoms with Crippen molar-refractivity contribution in [3.8, 4) is 11.8 Å². The molecule has 4 rings (SSSR count). The third-order valence-corrected chi connectivity index (χ3v) is 10.4. The highest BCUT2D eigenvalue weighted by Crippen LogP contribution is 2.72. The molecule has 3 saturated carbocycles. The molecule has 4 aliphatic carbocycles. The second-order valence-electron chi connectivity index (χ2n) is 11.1. The van der Waals surface area contributed by atoms with Crippen LogP contribution in [-0.2, 0) is 19.1 Å². The van der Waals surface area contributed by atoms with E-state index in [-0.39, 0.29) is 37.0 Å². The van der Waals surface area contributed by atoms with Gasteiger partial charge in [0.15, 0.2) is 17.1 Å². The van der Waals surface area contributed by atoms with Crippen molar-refractivity contribution in [1.82, 2.24) is 0 Å². The van der Waals surface area contributed by atoms with E-state index in [1.165, 1.54) is 19.1 Å². The van der Waals surface area contributed by atoms with Gasteiger partial charge < -0.3 is 9.84 Å². The van der Waals surface area contributed by atoms with Crippen LogP contribution in [0.2, 0.25) is 0 Å². The van der Waals surface area contributed by atoms with Crippen LogP contribution in [0.1, 0.15) is 53.4 Å². The SMILES string of the molecule is CCC(=O)O[C@]1(C(=O)SCC#CCF)[C@H](C)C[C@H]2[C@@H]3C[C@H](F)C4=CC(=O)C=C[C@]4(C)[C@@]3(F)[C@@H](O)C[C@@]21C. The summed E-state index contributed by atoms with van der Waals surface area (Å²) in [5.74, 6) is 1.63. The fraction of sp³-hybridized carbons (Fsp3) is 0.679. The van der Waals surface area contributed by atoms with Crippen LogP contribution < -0.4 is 0 Å². The van der Waals surface area contributed by atoms with Gasteiger partial charge in [-0.15, -0.1) is 0 Å². The van der Waals surface area contributed by atoms with E-state index in [0.29, 0.717) is 0 Å². The Morgan fingerprint density at radius 1 is 1.24 bits per heavy atom. The summed E-state index contributed by atoms with van der Waals surface area (Å²) in [6.45, 7) is 5.74. The fourth-order valence-corrected chi connectivity index (χ4v) is 8.77. The molecule has 1 N–H and O–H groups in total. The lowest BCUT2D eigenvalue weighted by molar-refractivity contribution is -0.228. The van der Waals surface area contributed by atoms with Crippen LogP contribution in [0.25, 0.3) is 0 Å². The molecule has 0 unspecified atom stereocenters. The molecule has 0 aliphatic heterocycles. The maximum absolute atomic E-state index is 17.4. The van der Waals surface area contributed by atoms with Crippen molar-refractivity contribution in [1.29, 1.82) is 0 Å². The number of carbonyl (C=O) groups is 3. The third kappa shape index (κ3) is 3.76. The van der Waals surface area contributed by atoms with Crippen molar-refractivity contribution in [2.45, 2.75) is 76.9 Å². The molecule has 202 valence electrons. The molecular weight excluding hydrogens is 505 g/mol. The van der Waals surface area contributed by atoms with Crippen LogP contribution in [0.15, 0.2) is 23.8 Å². The molecule has 4 aliphatic rings. The number of aliphatic hydroxyl groups is 1. The highest BCUT2D eigenvalue weighted by atomic mass is 32.2. The van der Waals surface area contributed by atoms with Gasteiger partial charge >= 0.3 is 5.97 Å². The quantitative estimate of drug-likeness (QED) is 0.420. The van der Waals surface area contributed by atoms with E-state index < -0.39 is 75.7 Å². The van der Waals surface area contributed by atoms with Gasteiger partial charge in [-0.2, -0.15) is 0 Å². The molecule has 9 atom stereocenters. The zero-order valence-electron chi connectivity index (χ0n) is 21.5. The Hall–Kier alpha value is -2.05. The van der Waals surface area contributed by atoms with Gasteiger partial charge in [0.05, 0.1) is 11.9 Å². The summed E-state index contributed by atoms with van der Waals surface area (Å²) in [7, 11) is 0. The highest BCUT2D eigenvalue weighted by Gasteiger charge is 2.78. The first-order valence-corrected chi connectivity index (χ1v) is 13.7. The summed E-state index contributed by atoms with van der Waals surface area (Å²) < 4.78 is 51.4. The number of ether oxygens (including phenoxy) is 1. The summed E-state index contributed by atoms with van der Waals surface area (Å²) in [5.41, 5.74) is -6.71. The summed E-state index contributed by atoms with van der Waals surface area (Å²) >= 11 is 0.807. The molecule has 0 aromatic rings. The van der Waals surface area contributed by atoms with E-state index >= 15 is 8.78 Å². The normalized spacial score (nSPS) is 44.1. The molecule has 37 heavy (non-hydrogen) atoms. The molecule has 0 aromatic carbocycles. The first-order valence-electron chi connectivity index (χ1n) is 12.7. The van der Waals surface area contributed by atoms with Gasteiger partial charge in [-0.05, 0) is 49.8 Å². The van der Waals surface area contributed by atoms with Crippen LogP contribution in [0, 0.1) is 40.4 Å². The second kappa shape index (κ2) is 9.60. The molecule has 0 heterocycles. The number of carbonyl (C=O) groups excluding carboxylic acids is 3. The second-order valence-corrected chi connectivity index (χ2v) is 12.1. The van der Waals surface area contributed by atoms with Crippen LogP contribution in [0.4, 0.5) is 13.2 Å². The van der Waals surface area contributed by atoms with Gasteiger partial charge in [0, 0.05) is 29.1 Å². The number of allylic oxidation sites excluding steroid dienone is 4. The van der Waals surface area contributed by atoms with Crippen molar-refractivity contribution >= 4 is 28.6 Å². The van der Waals surface area contributed by atoms with Crippen molar-refractivity contribution < 1.29 is 37.4 Å². The molecule has 0 saturated heterocycles. The number of aliphatic hydroxyl groups excluding tert-OH is 1. The summed E-state index contributed by atoms with van der Waals surface area (Å²) in [5, 5.41) is 11.0. The average molecular weight is 539 g/mol. The Balaban J connectivity index is 1.82. The van der Waals surface area contributed by atoms with Crippen LogP contribution in [-0.4, -0.2) is 57.9 Å². The smallest absolute Gasteiger partial charge is 0.306 e. The zero-order chi connectivity index (χ0) is 27.4. The first kappa shape index (κ1) is 28.0. The van der Waals surface area contributed by atoms with Crippen LogP contribution in [0.3, 0.4) is 0 Å². The minimum Gasteiger partial charge on any atom is -0.449 e. The number of hydrogen-bond donors (Lipinski definition) is 1. The predicted octanol–water partition coefficient (Wildman–Crippen LogP) is 4.48. The molecule has 0 radical (unpaired) electrons. The largest absolute Gasteiger partial charge is 0.449 e. The Morgan fingerprint density at radius 2 is 1.95 bits per heavy atom.